The first kappa shape index (κ1) is 13.0. The number of nitrogens with one attached hydrogen (secondary N) is 2. The van der Waals surface area contributed by atoms with Crippen LogP contribution in [0.4, 0.5) is 0 Å². The Morgan fingerprint density at radius 3 is 3.00 bits per heavy atom. The molecule has 8 heteroatoms. The first-order valence-electron chi connectivity index (χ1n) is 5.07. The van der Waals surface area contributed by atoms with Crippen LogP contribution >= 0.6 is 27.5 Å². The van der Waals surface area contributed by atoms with Crippen molar-refractivity contribution in [3.8, 4) is 0 Å². The van der Waals surface area contributed by atoms with Crippen LogP contribution < -0.4 is 5.32 Å². The molecule has 0 aliphatic heterocycles. The zero-order chi connectivity index (χ0) is 13.1. The van der Waals surface area contributed by atoms with E-state index >= 15 is 0 Å². The third-order valence-electron chi connectivity index (χ3n) is 2.27. The number of amides is 1. The van der Waals surface area contributed by atoms with Crippen molar-refractivity contribution in [3.63, 3.8) is 0 Å². The Morgan fingerprint density at radius 2 is 2.33 bits per heavy atom. The highest BCUT2D eigenvalue weighted by atomic mass is 79.9. The van der Waals surface area contributed by atoms with Crippen LogP contribution in [0.1, 0.15) is 29.1 Å². The van der Waals surface area contributed by atoms with Gasteiger partial charge in [0.25, 0.3) is 5.91 Å². The van der Waals surface area contributed by atoms with Crippen molar-refractivity contribution in [2.45, 2.75) is 13.0 Å². The molecule has 1 amide bonds. The minimum absolute atomic E-state index is 0.293. The molecular formula is C10H9BrClN5O. The van der Waals surface area contributed by atoms with Gasteiger partial charge in [0.05, 0.1) is 16.6 Å². The molecule has 6 nitrogen and oxygen atoms in total. The number of benzene rings is 1. The van der Waals surface area contributed by atoms with E-state index in [9.17, 15) is 4.79 Å². The number of halogens is 2. The summed E-state index contributed by atoms with van der Waals surface area (Å²) in [5.74, 6) is 0.119. The molecule has 1 aromatic carbocycles. The molecule has 0 fully saturated rings. The number of aromatic amines is 1. The number of hydrogen-bond acceptors (Lipinski definition) is 4. The van der Waals surface area contributed by atoms with Crippen molar-refractivity contribution in [2.75, 3.05) is 0 Å². The minimum Gasteiger partial charge on any atom is -0.342 e. The van der Waals surface area contributed by atoms with Crippen molar-refractivity contribution >= 4 is 33.4 Å². The molecule has 0 aliphatic carbocycles. The molecule has 0 spiro atoms. The van der Waals surface area contributed by atoms with Gasteiger partial charge in [0.1, 0.15) is 0 Å². The number of aromatic nitrogens is 4. The number of H-pyrrole nitrogens is 1. The van der Waals surface area contributed by atoms with Crippen molar-refractivity contribution in [1.29, 1.82) is 0 Å². The fourth-order valence-corrected chi connectivity index (χ4v) is 1.93. The van der Waals surface area contributed by atoms with Crippen LogP contribution in [0.5, 0.6) is 0 Å². The van der Waals surface area contributed by atoms with Gasteiger partial charge in [0, 0.05) is 4.47 Å². The van der Waals surface area contributed by atoms with Gasteiger partial charge in [-0.3, -0.25) is 4.79 Å². The molecule has 0 saturated heterocycles. The lowest BCUT2D eigenvalue weighted by molar-refractivity contribution is 0.0938. The van der Waals surface area contributed by atoms with Crippen LogP contribution in [-0.2, 0) is 0 Å². The predicted octanol–water partition coefficient (Wildman–Crippen LogP) is 2.11. The molecule has 2 aromatic rings. The van der Waals surface area contributed by atoms with E-state index in [0.29, 0.717) is 16.4 Å². The third kappa shape index (κ3) is 2.85. The van der Waals surface area contributed by atoms with E-state index in [0.717, 1.165) is 4.47 Å². The third-order valence-corrected chi connectivity index (χ3v) is 3.09. The smallest absolute Gasteiger partial charge is 0.253 e. The summed E-state index contributed by atoms with van der Waals surface area (Å²) in [7, 11) is 0. The van der Waals surface area contributed by atoms with E-state index in [2.05, 4.69) is 41.9 Å². The fraction of sp³-hybridized carbons (Fsp3) is 0.200. The van der Waals surface area contributed by atoms with Crippen LogP contribution in [0, 0.1) is 0 Å². The van der Waals surface area contributed by atoms with Crippen LogP contribution in [0.15, 0.2) is 22.7 Å². The average molecular weight is 331 g/mol. The number of nitrogens with zero attached hydrogens (tertiary/aromatic N) is 3. The van der Waals surface area contributed by atoms with Gasteiger partial charge >= 0.3 is 0 Å². The van der Waals surface area contributed by atoms with Crippen LogP contribution in [-0.4, -0.2) is 26.5 Å². The lowest BCUT2D eigenvalue weighted by atomic mass is 10.2. The van der Waals surface area contributed by atoms with Gasteiger partial charge < -0.3 is 5.32 Å². The molecule has 1 heterocycles. The summed E-state index contributed by atoms with van der Waals surface area (Å²) in [6.07, 6.45) is 0. The van der Waals surface area contributed by atoms with Gasteiger partial charge in [-0.15, -0.1) is 10.2 Å². The molecule has 1 aromatic heterocycles. The molecule has 0 aliphatic rings. The summed E-state index contributed by atoms with van der Waals surface area (Å²) in [6.45, 7) is 1.76. The maximum atomic E-state index is 12.0. The summed E-state index contributed by atoms with van der Waals surface area (Å²) < 4.78 is 0.782. The molecule has 94 valence electrons. The zero-order valence-corrected chi connectivity index (χ0v) is 11.7. The van der Waals surface area contributed by atoms with Crippen LogP contribution in [0.25, 0.3) is 0 Å². The lowest BCUT2D eigenvalue weighted by Crippen LogP contribution is -2.27. The van der Waals surface area contributed by atoms with Crippen molar-refractivity contribution in [3.05, 3.63) is 39.1 Å². The Morgan fingerprint density at radius 1 is 1.56 bits per heavy atom. The highest BCUT2D eigenvalue weighted by molar-refractivity contribution is 9.10. The van der Waals surface area contributed by atoms with E-state index < -0.39 is 0 Å². The van der Waals surface area contributed by atoms with Gasteiger partial charge in [-0.25, -0.2) is 0 Å². The van der Waals surface area contributed by atoms with Crippen LogP contribution in [0.3, 0.4) is 0 Å². The summed E-state index contributed by atoms with van der Waals surface area (Å²) in [4.78, 5) is 12.0. The monoisotopic (exact) mass is 329 g/mol. The molecule has 0 bridgehead atoms. The van der Waals surface area contributed by atoms with E-state index in [1.165, 1.54) is 0 Å². The Hall–Kier alpha value is -1.47. The normalized spacial score (nSPS) is 12.2. The maximum Gasteiger partial charge on any atom is 0.253 e. The topological polar surface area (TPSA) is 83.6 Å². The molecular weight excluding hydrogens is 322 g/mol. The van der Waals surface area contributed by atoms with E-state index in [-0.39, 0.29) is 11.9 Å². The average Bonchev–Trinajstić information content (AvgIpc) is 2.85. The molecule has 0 radical (unpaired) electrons. The molecule has 2 rings (SSSR count). The quantitative estimate of drug-likeness (QED) is 0.903. The Labute approximate surface area is 116 Å². The second-order valence-electron chi connectivity index (χ2n) is 3.59. The molecule has 0 saturated carbocycles. The highest BCUT2D eigenvalue weighted by Crippen LogP contribution is 2.21. The zero-order valence-electron chi connectivity index (χ0n) is 9.32. The summed E-state index contributed by atoms with van der Waals surface area (Å²) in [5, 5.41) is 16.5. The standard InChI is InChI=1S/C10H9BrClN5O/c1-5(9-14-16-17-15-9)13-10(18)7-4-6(11)2-3-8(7)12/h2-5H,1H3,(H,13,18)(H,14,15,16,17). The maximum absolute atomic E-state index is 12.0. The molecule has 1 unspecified atom stereocenters. The summed E-state index contributed by atoms with van der Waals surface area (Å²) in [5.41, 5.74) is 0.390. The van der Waals surface area contributed by atoms with E-state index in [4.69, 9.17) is 11.6 Å². The predicted molar refractivity (Wildman–Crippen MR) is 69.2 cm³/mol. The van der Waals surface area contributed by atoms with Crippen molar-refractivity contribution in [1.82, 2.24) is 25.9 Å². The largest absolute Gasteiger partial charge is 0.342 e. The summed E-state index contributed by atoms with van der Waals surface area (Å²) >= 11 is 9.26. The van der Waals surface area contributed by atoms with E-state index in [1.807, 2.05) is 0 Å². The first-order chi connectivity index (χ1) is 8.58. The van der Waals surface area contributed by atoms with E-state index in [1.54, 1.807) is 25.1 Å². The SMILES string of the molecule is CC(NC(=O)c1cc(Br)ccc1Cl)c1nn[nH]n1. The van der Waals surface area contributed by atoms with Gasteiger partial charge in [-0.1, -0.05) is 32.7 Å². The lowest BCUT2D eigenvalue weighted by Gasteiger charge is -2.11. The van der Waals surface area contributed by atoms with Gasteiger partial charge in [0.15, 0.2) is 5.82 Å². The fourth-order valence-electron chi connectivity index (χ4n) is 1.36. The van der Waals surface area contributed by atoms with Gasteiger partial charge in [0.2, 0.25) is 0 Å². The molecule has 18 heavy (non-hydrogen) atoms. The minimum atomic E-state index is -0.355. The van der Waals surface area contributed by atoms with Crippen molar-refractivity contribution in [2.24, 2.45) is 0 Å². The highest BCUT2D eigenvalue weighted by Gasteiger charge is 2.16. The van der Waals surface area contributed by atoms with Crippen LogP contribution in [0.2, 0.25) is 5.02 Å². The van der Waals surface area contributed by atoms with Crippen molar-refractivity contribution < 1.29 is 4.79 Å². The number of carbonyl (C=O) groups is 1. The summed E-state index contributed by atoms with van der Waals surface area (Å²) in [6, 6.07) is 4.72. The Kier molecular flexibility index (Phi) is 3.93. The number of hydrogen-bond donors (Lipinski definition) is 2. The number of rotatable bonds is 3. The molecule has 1 atom stereocenters. The van der Waals surface area contributed by atoms with Gasteiger partial charge in [-0.05, 0) is 25.1 Å². The molecule has 2 N–H and O–H groups in total. The Bertz CT molecular complexity index is 559. The second kappa shape index (κ2) is 5.45. The number of tetrazole rings is 1. The second-order valence-corrected chi connectivity index (χ2v) is 4.91. The Balaban J connectivity index is 2.15. The number of carbonyl (C=O) groups excluding carboxylic acids is 1. The van der Waals surface area contributed by atoms with Gasteiger partial charge in [-0.2, -0.15) is 5.21 Å². The first-order valence-corrected chi connectivity index (χ1v) is 6.24.